The van der Waals surface area contributed by atoms with Gasteiger partial charge in [0.25, 0.3) is 0 Å². The van der Waals surface area contributed by atoms with Crippen LogP contribution in [0, 0.1) is 11.3 Å². The van der Waals surface area contributed by atoms with Gasteiger partial charge in [-0.15, -0.1) is 0 Å². The molecular formula is C9H19N3. The van der Waals surface area contributed by atoms with E-state index in [0.717, 1.165) is 12.6 Å². The molecule has 1 rings (SSSR count). The number of nitrogens with one attached hydrogen (secondary N) is 1. The molecule has 0 aromatic rings. The summed E-state index contributed by atoms with van der Waals surface area (Å²) in [6.07, 6.45) is 4.01. The van der Waals surface area contributed by atoms with Crippen LogP contribution in [0.5, 0.6) is 0 Å². The Balaban J connectivity index is 2.24. The van der Waals surface area contributed by atoms with Crippen LogP contribution in [-0.2, 0) is 0 Å². The highest BCUT2D eigenvalue weighted by atomic mass is 15.1. The fourth-order valence-corrected chi connectivity index (χ4v) is 1.51. The molecule has 3 nitrogen and oxygen atoms in total. The zero-order valence-electron chi connectivity index (χ0n) is 8.01. The Morgan fingerprint density at radius 1 is 1.67 bits per heavy atom. The molecule has 70 valence electrons. The number of nitrogens with zero attached hydrogens (tertiary/aromatic N) is 1. The van der Waals surface area contributed by atoms with Gasteiger partial charge in [0.05, 0.1) is 5.84 Å². The first kappa shape index (κ1) is 9.52. The van der Waals surface area contributed by atoms with Crippen molar-refractivity contribution in [3.63, 3.8) is 0 Å². The van der Waals surface area contributed by atoms with Crippen molar-refractivity contribution in [3.05, 3.63) is 0 Å². The van der Waals surface area contributed by atoms with Gasteiger partial charge in [0.15, 0.2) is 0 Å². The predicted octanol–water partition coefficient (Wildman–Crippen LogP) is 1.04. The number of amidine groups is 1. The minimum absolute atomic E-state index is 0.204. The molecule has 0 aromatic carbocycles. The molecule has 0 spiro atoms. The van der Waals surface area contributed by atoms with Crippen molar-refractivity contribution in [2.75, 3.05) is 13.6 Å². The molecule has 1 atom stereocenters. The molecule has 0 heterocycles. The summed E-state index contributed by atoms with van der Waals surface area (Å²) in [6, 6.07) is 0.756. The fraction of sp³-hybridized carbons (Fsp3) is 0.889. The zero-order chi connectivity index (χ0) is 9.14. The topological polar surface area (TPSA) is 53.1 Å². The second-order valence-electron chi connectivity index (χ2n) is 3.88. The normalized spacial score (nSPS) is 20.6. The Hall–Kier alpha value is -0.570. The average molecular weight is 169 g/mol. The van der Waals surface area contributed by atoms with Crippen LogP contribution < -0.4 is 5.73 Å². The van der Waals surface area contributed by atoms with E-state index in [1.807, 2.05) is 6.92 Å². The van der Waals surface area contributed by atoms with Crippen molar-refractivity contribution in [1.82, 2.24) is 4.90 Å². The molecule has 1 unspecified atom stereocenters. The Bertz CT molecular complexity index is 163. The van der Waals surface area contributed by atoms with Crippen LogP contribution in [0.15, 0.2) is 0 Å². The molecule has 1 aliphatic rings. The number of hydrogen-bond donors (Lipinski definition) is 2. The van der Waals surface area contributed by atoms with Gasteiger partial charge in [-0.3, -0.25) is 5.41 Å². The Morgan fingerprint density at radius 3 is 2.58 bits per heavy atom. The summed E-state index contributed by atoms with van der Waals surface area (Å²) < 4.78 is 0. The molecule has 0 saturated heterocycles. The van der Waals surface area contributed by atoms with Crippen LogP contribution in [0.1, 0.15) is 26.2 Å². The molecule has 1 aliphatic carbocycles. The van der Waals surface area contributed by atoms with Gasteiger partial charge in [0.2, 0.25) is 0 Å². The van der Waals surface area contributed by atoms with E-state index in [1.165, 1.54) is 19.3 Å². The quantitative estimate of drug-likeness (QED) is 0.488. The van der Waals surface area contributed by atoms with E-state index in [1.54, 1.807) is 0 Å². The molecule has 3 heteroatoms. The smallest absolute Gasteiger partial charge is 0.0947 e. The number of rotatable bonds is 4. The third kappa shape index (κ3) is 2.21. The Kier molecular flexibility index (Phi) is 3.09. The van der Waals surface area contributed by atoms with Gasteiger partial charge in [-0.25, -0.2) is 0 Å². The largest absolute Gasteiger partial charge is 0.387 e. The zero-order valence-corrected chi connectivity index (χ0v) is 8.01. The summed E-state index contributed by atoms with van der Waals surface area (Å²) in [4.78, 5) is 2.33. The van der Waals surface area contributed by atoms with Gasteiger partial charge < -0.3 is 10.6 Å². The maximum atomic E-state index is 7.26. The van der Waals surface area contributed by atoms with Gasteiger partial charge in [0, 0.05) is 18.5 Å². The van der Waals surface area contributed by atoms with E-state index in [0.29, 0.717) is 5.84 Å². The van der Waals surface area contributed by atoms with E-state index >= 15 is 0 Å². The van der Waals surface area contributed by atoms with Gasteiger partial charge in [-0.1, -0.05) is 13.3 Å². The van der Waals surface area contributed by atoms with Gasteiger partial charge in [-0.05, 0) is 19.9 Å². The molecule has 0 bridgehead atoms. The maximum Gasteiger partial charge on any atom is 0.0947 e. The highest BCUT2D eigenvalue weighted by molar-refractivity contribution is 5.79. The second-order valence-corrected chi connectivity index (χ2v) is 3.88. The van der Waals surface area contributed by atoms with Gasteiger partial charge in [-0.2, -0.15) is 0 Å². The van der Waals surface area contributed by atoms with E-state index in [9.17, 15) is 0 Å². The Morgan fingerprint density at radius 2 is 2.25 bits per heavy atom. The molecular weight excluding hydrogens is 150 g/mol. The first-order valence-electron chi connectivity index (χ1n) is 4.65. The average Bonchev–Trinajstić information content (AvgIpc) is 1.82. The van der Waals surface area contributed by atoms with E-state index in [2.05, 4.69) is 11.9 Å². The first-order valence-corrected chi connectivity index (χ1v) is 4.65. The molecule has 3 N–H and O–H groups in total. The summed E-state index contributed by atoms with van der Waals surface area (Å²) in [6.45, 7) is 2.94. The van der Waals surface area contributed by atoms with E-state index in [4.69, 9.17) is 11.1 Å². The Labute approximate surface area is 74.4 Å². The van der Waals surface area contributed by atoms with Crippen LogP contribution in [0.2, 0.25) is 0 Å². The first-order chi connectivity index (χ1) is 5.61. The summed E-state index contributed by atoms with van der Waals surface area (Å²) in [5.74, 6) is 0.511. The van der Waals surface area contributed by atoms with Gasteiger partial charge >= 0.3 is 0 Å². The van der Waals surface area contributed by atoms with Crippen LogP contribution in [-0.4, -0.2) is 30.4 Å². The third-order valence-electron chi connectivity index (χ3n) is 2.79. The van der Waals surface area contributed by atoms with Crippen molar-refractivity contribution < 1.29 is 0 Å². The minimum Gasteiger partial charge on any atom is -0.387 e. The van der Waals surface area contributed by atoms with Crippen molar-refractivity contribution in [2.24, 2.45) is 11.7 Å². The standard InChI is InChI=1S/C9H19N3/c1-7(9(10)11)6-12(2)8-4-3-5-8/h7-8H,3-6H2,1-2H3,(H3,10,11). The lowest BCUT2D eigenvalue weighted by molar-refractivity contribution is 0.151. The van der Waals surface area contributed by atoms with Crippen LogP contribution in [0.25, 0.3) is 0 Å². The third-order valence-corrected chi connectivity index (χ3v) is 2.79. The summed E-state index contributed by atoms with van der Waals surface area (Å²) in [7, 11) is 2.13. The summed E-state index contributed by atoms with van der Waals surface area (Å²) >= 11 is 0. The van der Waals surface area contributed by atoms with Crippen molar-refractivity contribution in [3.8, 4) is 0 Å². The molecule has 0 aromatic heterocycles. The lowest BCUT2D eigenvalue weighted by Gasteiger charge is -2.35. The fourth-order valence-electron chi connectivity index (χ4n) is 1.51. The van der Waals surface area contributed by atoms with Crippen LogP contribution in [0.4, 0.5) is 0 Å². The monoisotopic (exact) mass is 169 g/mol. The van der Waals surface area contributed by atoms with E-state index < -0.39 is 0 Å². The highest BCUT2D eigenvalue weighted by Gasteiger charge is 2.23. The maximum absolute atomic E-state index is 7.26. The molecule has 0 amide bonds. The predicted molar refractivity (Wildman–Crippen MR) is 51.3 cm³/mol. The lowest BCUT2D eigenvalue weighted by Crippen LogP contribution is -2.41. The highest BCUT2D eigenvalue weighted by Crippen LogP contribution is 2.23. The lowest BCUT2D eigenvalue weighted by atomic mass is 9.91. The molecule has 0 aliphatic heterocycles. The minimum atomic E-state index is 0.204. The SMILES string of the molecule is CC(CN(C)C1CCC1)C(=N)N. The van der Waals surface area contributed by atoms with Crippen LogP contribution in [0.3, 0.4) is 0 Å². The number of hydrogen-bond acceptors (Lipinski definition) is 2. The molecule has 0 radical (unpaired) electrons. The van der Waals surface area contributed by atoms with Gasteiger partial charge in [0.1, 0.15) is 0 Å². The second kappa shape index (κ2) is 3.90. The summed E-state index contributed by atoms with van der Waals surface area (Å²) in [5.41, 5.74) is 5.40. The molecule has 1 fully saturated rings. The van der Waals surface area contributed by atoms with E-state index in [-0.39, 0.29) is 5.92 Å². The van der Waals surface area contributed by atoms with Crippen molar-refractivity contribution >= 4 is 5.84 Å². The summed E-state index contributed by atoms with van der Waals surface area (Å²) in [5, 5.41) is 7.26. The number of nitrogens with two attached hydrogens (primary N) is 1. The molecule has 1 saturated carbocycles. The molecule has 12 heavy (non-hydrogen) atoms. The van der Waals surface area contributed by atoms with Crippen molar-refractivity contribution in [2.45, 2.75) is 32.2 Å². The van der Waals surface area contributed by atoms with Crippen LogP contribution >= 0.6 is 0 Å². The van der Waals surface area contributed by atoms with Crippen molar-refractivity contribution in [1.29, 1.82) is 5.41 Å².